The number of nitriles is 1. The molecule has 2 N–H and O–H groups in total. The molecule has 0 bridgehead atoms. The van der Waals surface area contributed by atoms with Gasteiger partial charge in [0.1, 0.15) is 23.9 Å². The number of hydrogen-bond acceptors (Lipinski definition) is 5. The molecule has 7 nitrogen and oxygen atoms in total. The van der Waals surface area contributed by atoms with Crippen molar-refractivity contribution in [3.05, 3.63) is 59.0 Å². The van der Waals surface area contributed by atoms with Gasteiger partial charge in [0.15, 0.2) is 0 Å². The summed E-state index contributed by atoms with van der Waals surface area (Å²) < 4.78 is 13.7. The van der Waals surface area contributed by atoms with Gasteiger partial charge in [-0.3, -0.25) is 0 Å². The Morgan fingerprint density at radius 2 is 2.00 bits per heavy atom. The second-order valence-electron chi connectivity index (χ2n) is 10.1. The molecule has 0 aliphatic rings. The molecule has 0 aliphatic carbocycles. The molecule has 0 amide bonds. The zero-order chi connectivity index (χ0) is 24.7. The van der Waals surface area contributed by atoms with Crippen molar-refractivity contribution in [3.63, 3.8) is 0 Å². The number of nitrogens with one attached hydrogen (secondary N) is 1. The Balaban J connectivity index is 1.87. The molecule has 1 atom stereocenters. The molecule has 4 rings (SSSR count). The second kappa shape index (κ2) is 8.91. The van der Waals surface area contributed by atoms with Crippen molar-refractivity contribution in [3.8, 4) is 11.8 Å². The third-order valence-electron chi connectivity index (χ3n) is 6.24. The summed E-state index contributed by atoms with van der Waals surface area (Å²) >= 11 is 0. The van der Waals surface area contributed by atoms with Gasteiger partial charge in [-0.25, -0.2) is 4.98 Å². The molecule has 178 valence electrons. The number of H-pyrrole nitrogens is 1. The SMILES string of the molecule is COc1cc(C)c2[nH]ccc2c1C(C)(O)c1nc2cc(C#N)ccc2n1COCC[Si](C)(C)C. The minimum absolute atomic E-state index is 0.253. The molecule has 0 saturated carbocycles. The van der Waals surface area contributed by atoms with Crippen LogP contribution < -0.4 is 4.74 Å². The first-order chi connectivity index (χ1) is 16.1. The van der Waals surface area contributed by atoms with Gasteiger partial charge in [0.05, 0.1) is 29.8 Å². The van der Waals surface area contributed by atoms with Crippen molar-refractivity contribution >= 4 is 30.0 Å². The van der Waals surface area contributed by atoms with Crippen molar-refractivity contribution < 1.29 is 14.6 Å². The standard InChI is InChI=1S/C26H32N4O3Si/c1-17-13-22(32-3)23(19-9-10-28-24(17)19)26(2,31)25-29-20-14-18(15-27)7-8-21(20)30(25)16-33-11-12-34(4,5)6/h7-10,13-14,28,31H,11-12,16H2,1-6H3. The van der Waals surface area contributed by atoms with Crippen molar-refractivity contribution in [1.29, 1.82) is 5.26 Å². The lowest BCUT2D eigenvalue weighted by Crippen LogP contribution is -2.29. The first-order valence-corrected chi connectivity index (χ1v) is 15.1. The van der Waals surface area contributed by atoms with Crippen LogP contribution in [0.25, 0.3) is 21.9 Å². The van der Waals surface area contributed by atoms with Crippen molar-refractivity contribution in [2.75, 3.05) is 13.7 Å². The van der Waals surface area contributed by atoms with Crippen molar-refractivity contribution in [2.24, 2.45) is 0 Å². The summed E-state index contributed by atoms with van der Waals surface area (Å²) in [6.45, 7) is 11.6. The third-order valence-corrected chi connectivity index (χ3v) is 7.95. The Labute approximate surface area is 201 Å². The number of aryl methyl sites for hydroxylation is 1. The van der Waals surface area contributed by atoms with Gasteiger partial charge in [0.25, 0.3) is 0 Å². The van der Waals surface area contributed by atoms with Crippen LogP contribution in [0.1, 0.15) is 29.4 Å². The molecule has 0 aliphatic heterocycles. The summed E-state index contributed by atoms with van der Waals surface area (Å²) in [6, 6.07) is 12.4. The normalized spacial score (nSPS) is 13.8. The number of imidazole rings is 1. The molecule has 1 unspecified atom stereocenters. The van der Waals surface area contributed by atoms with Gasteiger partial charge in [0, 0.05) is 37.3 Å². The maximum absolute atomic E-state index is 12.1. The van der Waals surface area contributed by atoms with Gasteiger partial charge in [-0.2, -0.15) is 5.26 Å². The van der Waals surface area contributed by atoms with E-state index in [1.807, 2.05) is 35.9 Å². The van der Waals surface area contributed by atoms with Crippen LogP contribution in [0.2, 0.25) is 25.7 Å². The molecule has 8 heteroatoms. The van der Waals surface area contributed by atoms with E-state index in [2.05, 4.69) is 30.7 Å². The maximum atomic E-state index is 12.1. The van der Waals surface area contributed by atoms with Gasteiger partial charge < -0.3 is 24.1 Å². The summed E-state index contributed by atoms with van der Waals surface area (Å²) in [5.74, 6) is 1.03. The number of methoxy groups -OCH3 is 1. The van der Waals surface area contributed by atoms with Crippen LogP contribution in [0.5, 0.6) is 5.75 Å². The number of nitrogens with zero attached hydrogens (tertiary/aromatic N) is 3. The van der Waals surface area contributed by atoms with Crippen LogP contribution in [-0.4, -0.2) is 41.4 Å². The van der Waals surface area contributed by atoms with Crippen molar-refractivity contribution in [2.45, 2.75) is 51.9 Å². The smallest absolute Gasteiger partial charge is 0.149 e. The Kier molecular flexibility index (Phi) is 6.29. The lowest BCUT2D eigenvalue weighted by molar-refractivity contribution is 0.0559. The fraction of sp³-hybridized carbons (Fsp3) is 0.385. The van der Waals surface area contributed by atoms with E-state index in [-0.39, 0.29) is 6.73 Å². The van der Waals surface area contributed by atoms with Gasteiger partial charge in [-0.1, -0.05) is 19.6 Å². The quantitative estimate of drug-likeness (QED) is 0.267. The Bertz CT molecular complexity index is 1390. The van der Waals surface area contributed by atoms with E-state index in [0.29, 0.717) is 34.8 Å². The van der Waals surface area contributed by atoms with Crippen LogP contribution in [-0.2, 0) is 17.1 Å². The van der Waals surface area contributed by atoms with E-state index in [4.69, 9.17) is 14.5 Å². The summed E-state index contributed by atoms with van der Waals surface area (Å²) in [5.41, 5.74) is 3.07. The van der Waals surface area contributed by atoms with Crippen molar-refractivity contribution in [1.82, 2.24) is 14.5 Å². The minimum atomic E-state index is -1.49. The van der Waals surface area contributed by atoms with Crippen LogP contribution in [0, 0.1) is 18.3 Å². The first-order valence-electron chi connectivity index (χ1n) is 11.4. The second-order valence-corrected chi connectivity index (χ2v) is 15.8. The first kappa shape index (κ1) is 24.0. The van der Waals surface area contributed by atoms with E-state index in [1.54, 1.807) is 26.2 Å². The molecule has 34 heavy (non-hydrogen) atoms. The zero-order valence-corrected chi connectivity index (χ0v) is 21.7. The fourth-order valence-electron chi connectivity index (χ4n) is 4.39. The lowest BCUT2D eigenvalue weighted by atomic mass is 9.89. The third kappa shape index (κ3) is 4.34. The molecule has 0 radical (unpaired) electrons. The largest absolute Gasteiger partial charge is 0.496 e. The Hall–Kier alpha value is -3.12. The highest BCUT2D eigenvalue weighted by atomic mass is 28.3. The highest BCUT2D eigenvalue weighted by Crippen LogP contribution is 2.42. The van der Waals surface area contributed by atoms with Crippen LogP contribution in [0.3, 0.4) is 0 Å². The van der Waals surface area contributed by atoms with E-state index < -0.39 is 13.7 Å². The summed E-state index contributed by atoms with van der Waals surface area (Å²) in [5, 5.41) is 22.3. The summed E-state index contributed by atoms with van der Waals surface area (Å²) in [7, 11) is 0.361. The van der Waals surface area contributed by atoms with Gasteiger partial charge in [-0.15, -0.1) is 0 Å². The number of fused-ring (bicyclic) bond motifs is 2. The van der Waals surface area contributed by atoms with Crippen LogP contribution in [0.4, 0.5) is 0 Å². The molecular formula is C26H32N4O3Si. The average Bonchev–Trinajstić information content (AvgIpc) is 3.40. The predicted octanol–water partition coefficient (Wildman–Crippen LogP) is 5.27. The highest BCUT2D eigenvalue weighted by molar-refractivity contribution is 6.76. The Morgan fingerprint density at radius 1 is 1.24 bits per heavy atom. The van der Waals surface area contributed by atoms with Gasteiger partial charge in [0.2, 0.25) is 0 Å². The fourth-order valence-corrected chi connectivity index (χ4v) is 5.15. The molecule has 4 aromatic rings. The van der Waals surface area contributed by atoms with E-state index in [1.165, 1.54) is 0 Å². The molecular weight excluding hydrogens is 444 g/mol. The summed E-state index contributed by atoms with van der Waals surface area (Å²) in [4.78, 5) is 8.08. The molecule has 0 saturated heterocycles. The minimum Gasteiger partial charge on any atom is -0.496 e. The number of hydrogen-bond donors (Lipinski definition) is 2. The molecule has 2 heterocycles. The van der Waals surface area contributed by atoms with Gasteiger partial charge >= 0.3 is 0 Å². The predicted molar refractivity (Wildman–Crippen MR) is 137 cm³/mol. The summed E-state index contributed by atoms with van der Waals surface area (Å²) in [6.07, 6.45) is 1.86. The number of aliphatic hydroxyl groups is 1. The zero-order valence-electron chi connectivity index (χ0n) is 20.7. The maximum Gasteiger partial charge on any atom is 0.149 e. The topological polar surface area (TPSA) is 96.1 Å². The highest BCUT2D eigenvalue weighted by Gasteiger charge is 2.37. The average molecular weight is 477 g/mol. The molecule has 0 fully saturated rings. The number of aromatic amines is 1. The number of aromatic nitrogens is 3. The number of ether oxygens (including phenoxy) is 2. The Morgan fingerprint density at radius 3 is 2.68 bits per heavy atom. The molecule has 2 aromatic heterocycles. The number of rotatable bonds is 8. The molecule has 2 aromatic carbocycles. The van der Waals surface area contributed by atoms with Crippen LogP contribution >= 0.6 is 0 Å². The van der Waals surface area contributed by atoms with E-state index in [9.17, 15) is 10.4 Å². The van der Waals surface area contributed by atoms with Crippen LogP contribution in [0.15, 0.2) is 36.5 Å². The van der Waals surface area contributed by atoms with E-state index >= 15 is 0 Å². The molecule has 0 spiro atoms. The monoisotopic (exact) mass is 476 g/mol. The number of benzene rings is 2. The van der Waals surface area contributed by atoms with Gasteiger partial charge in [-0.05, 0) is 55.8 Å². The van der Waals surface area contributed by atoms with E-state index in [0.717, 1.165) is 28.0 Å². The lowest BCUT2D eigenvalue weighted by Gasteiger charge is -2.28.